The van der Waals surface area contributed by atoms with Crippen molar-refractivity contribution < 1.29 is 14.3 Å². The molecule has 1 aromatic heterocycles. The summed E-state index contributed by atoms with van der Waals surface area (Å²) in [5.74, 6) is -0.138. The molecule has 2 heterocycles. The van der Waals surface area contributed by atoms with Crippen molar-refractivity contribution in [3.05, 3.63) is 67.8 Å². The monoisotopic (exact) mass is 437 g/mol. The minimum Gasteiger partial charge on any atom is -0.465 e. The zero-order valence-electron chi connectivity index (χ0n) is 15.5. The Morgan fingerprint density at radius 2 is 2.04 bits per heavy atom. The van der Waals surface area contributed by atoms with Crippen molar-refractivity contribution in [2.45, 2.75) is 31.7 Å². The number of thiophene rings is 1. The van der Waals surface area contributed by atoms with Crippen LogP contribution >= 0.6 is 34.5 Å². The van der Waals surface area contributed by atoms with Crippen LogP contribution in [0.2, 0.25) is 10.0 Å². The molecule has 0 saturated carbocycles. The molecule has 1 aliphatic heterocycles. The van der Waals surface area contributed by atoms with Crippen molar-refractivity contribution in [2.24, 2.45) is 0 Å². The van der Waals surface area contributed by atoms with E-state index in [9.17, 15) is 9.59 Å². The molecule has 4 nitrogen and oxygen atoms in total. The molecule has 1 atom stereocenters. The number of esters is 1. The Morgan fingerprint density at radius 3 is 2.75 bits per heavy atom. The summed E-state index contributed by atoms with van der Waals surface area (Å²) in [5, 5.41) is 1.21. The van der Waals surface area contributed by atoms with E-state index in [1.165, 1.54) is 18.4 Å². The predicted molar refractivity (Wildman–Crippen MR) is 113 cm³/mol. The number of ether oxygens (including phenoxy) is 1. The number of halogens is 2. The molecule has 1 aliphatic rings. The second-order valence-corrected chi connectivity index (χ2v) is 8.65. The predicted octanol–water partition coefficient (Wildman–Crippen LogP) is 5.17. The Bertz CT molecular complexity index is 873. The van der Waals surface area contributed by atoms with Gasteiger partial charge in [-0.05, 0) is 55.2 Å². The molecule has 1 fully saturated rings. The molecule has 0 N–H and O–H groups in total. The van der Waals surface area contributed by atoms with Gasteiger partial charge >= 0.3 is 5.97 Å². The van der Waals surface area contributed by atoms with Crippen molar-refractivity contribution in [1.29, 1.82) is 0 Å². The normalized spacial score (nSPS) is 16.9. The molecule has 28 heavy (non-hydrogen) atoms. The fraction of sp³-hybridized carbons (Fsp3) is 0.333. The molecular weight excluding hydrogens is 417 g/mol. The lowest BCUT2D eigenvalue weighted by molar-refractivity contribution is -0.128. The van der Waals surface area contributed by atoms with Crippen molar-refractivity contribution in [2.75, 3.05) is 13.7 Å². The van der Waals surface area contributed by atoms with E-state index in [1.807, 2.05) is 23.1 Å². The Hall–Kier alpha value is -1.82. The van der Waals surface area contributed by atoms with Gasteiger partial charge in [0.1, 0.15) is 4.88 Å². The van der Waals surface area contributed by atoms with Crippen LogP contribution in [-0.4, -0.2) is 36.5 Å². The third-order valence-corrected chi connectivity index (χ3v) is 6.19. The van der Waals surface area contributed by atoms with Crippen LogP contribution < -0.4 is 0 Å². The molecule has 1 aromatic carbocycles. The lowest BCUT2D eigenvalue weighted by Gasteiger charge is -2.22. The first-order valence-electron chi connectivity index (χ1n) is 9.04. The first kappa shape index (κ1) is 20.9. The van der Waals surface area contributed by atoms with Gasteiger partial charge in [0.2, 0.25) is 5.91 Å². The maximum Gasteiger partial charge on any atom is 0.348 e. The maximum atomic E-state index is 12.3. The number of carbonyl (C=O) groups is 2. The van der Waals surface area contributed by atoms with Crippen molar-refractivity contribution >= 4 is 46.4 Å². The molecule has 0 spiro atoms. The average Bonchev–Trinajstić information content (AvgIpc) is 3.26. The van der Waals surface area contributed by atoms with Gasteiger partial charge in [0.25, 0.3) is 0 Å². The molecule has 148 valence electrons. The van der Waals surface area contributed by atoms with E-state index in [0.717, 1.165) is 23.3 Å². The van der Waals surface area contributed by atoms with Crippen LogP contribution in [0.15, 0.2) is 42.5 Å². The van der Waals surface area contributed by atoms with Crippen molar-refractivity contribution in [1.82, 2.24) is 4.90 Å². The minimum atomic E-state index is -0.311. The van der Waals surface area contributed by atoms with Crippen molar-refractivity contribution in [3.8, 4) is 0 Å². The lowest BCUT2D eigenvalue weighted by atomic mass is 10.1. The first-order chi connectivity index (χ1) is 13.5. The van der Waals surface area contributed by atoms with E-state index in [4.69, 9.17) is 27.9 Å². The number of hydrogen-bond donors (Lipinski definition) is 0. The van der Waals surface area contributed by atoms with Crippen LogP contribution in [-0.2, 0) is 22.4 Å². The van der Waals surface area contributed by atoms with Gasteiger partial charge in [-0.3, -0.25) is 4.79 Å². The summed E-state index contributed by atoms with van der Waals surface area (Å²) >= 11 is 13.5. The molecule has 7 heteroatoms. The summed E-state index contributed by atoms with van der Waals surface area (Å²) in [7, 11) is 1.38. The van der Waals surface area contributed by atoms with Crippen LogP contribution in [0.4, 0.5) is 0 Å². The summed E-state index contributed by atoms with van der Waals surface area (Å²) in [5.41, 5.74) is 1.02. The highest BCUT2D eigenvalue weighted by Crippen LogP contribution is 2.24. The SMILES string of the molecule is COC(=O)c1ccc(CC=C[C@H]2CCC(=O)N2CCc2cc(Cl)cc(Cl)c2)s1. The zero-order valence-corrected chi connectivity index (χ0v) is 17.8. The van der Waals surface area contributed by atoms with Crippen LogP contribution in [0.5, 0.6) is 0 Å². The van der Waals surface area contributed by atoms with E-state index in [-0.39, 0.29) is 17.9 Å². The number of likely N-dealkylation sites (tertiary alicyclic amines) is 1. The average molecular weight is 438 g/mol. The lowest BCUT2D eigenvalue weighted by Crippen LogP contribution is -2.33. The summed E-state index contributed by atoms with van der Waals surface area (Å²) in [6, 6.07) is 9.28. The van der Waals surface area contributed by atoms with E-state index >= 15 is 0 Å². The molecule has 0 radical (unpaired) electrons. The largest absolute Gasteiger partial charge is 0.465 e. The molecule has 2 aromatic rings. The van der Waals surface area contributed by atoms with Gasteiger partial charge in [0.15, 0.2) is 0 Å². The number of benzene rings is 1. The summed E-state index contributed by atoms with van der Waals surface area (Å²) in [6.45, 7) is 0.635. The van der Waals surface area contributed by atoms with Gasteiger partial charge in [-0.1, -0.05) is 35.4 Å². The highest BCUT2D eigenvalue weighted by Gasteiger charge is 2.28. The number of nitrogens with zero attached hydrogens (tertiary/aromatic N) is 1. The van der Waals surface area contributed by atoms with E-state index in [0.29, 0.717) is 34.3 Å². The van der Waals surface area contributed by atoms with E-state index < -0.39 is 0 Å². The van der Waals surface area contributed by atoms with Gasteiger partial charge in [0.05, 0.1) is 13.2 Å². The molecule has 3 rings (SSSR count). The molecule has 0 aliphatic carbocycles. The van der Waals surface area contributed by atoms with E-state index in [1.54, 1.807) is 12.1 Å². The molecule has 1 amide bonds. The number of allylic oxidation sites excluding steroid dienone is 1. The third kappa shape index (κ3) is 5.37. The number of methoxy groups -OCH3 is 1. The second kappa shape index (κ2) is 9.59. The van der Waals surface area contributed by atoms with Gasteiger partial charge < -0.3 is 9.64 Å². The zero-order chi connectivity index (χ0) is 20.1. The standard InChI is InChI=1S/C21H21Cl2NO3S/c1-27-21(26)19-7-6-18(28-19)4-2-3-17-5-8-20(25)24(17)10-9-14-11-15(22)13-16(23)12-14/h2-3,6-7,11-13,17H,4-5,8-10H2,1H3/t17-/m0/s1. The fourth-order valence-electron chi connectivity index (χ4n) is 3.29. The topological polar surface area (TPSA) is 46.6 Å². The second-order valence-electron chi connectivity index (χ2n) is 6.61. The van der Waals surface area contributed by atoms with Crippen LogP contribution in [0.3, 0.4) is 0 Å². The van der Waals surface area contributed by atoms with Crippen LogP contribution in [0, 0.1) is 0 Å². The molecular formula is C21H21Cl2NO3S. The van der Waals surface area contributed by atoms with Gasteiger partial charge in [-0.25, -0.2) is 4.79 Å². The smallest absolute Gasteiger partial charge is 0.348 e. The Balaban J connectivity index is 1.58. The summed E-state index contributed by atoms with van der Waals surface area (Å²) in [4.78, 5) is 27.4. The third-order valence-electron chi connectivity index (χ3n) is 4.66. The Kier molecular flexibility index (Phi) is 7.16. The first-order valence-corrected chi connectivity index (χ1v) is 10.6. The fourth-order valence-corrected chi connectivity index (χ4v) is 4.76. The molecule has 0 unspecified atom stereocenters. The van der Waals surface area contributed by atoms with Gasteiger partial charge in [0, 0.05) is 27.9 Å². The summed E-state index contributed by atoms with van der Waals surface area (Å²) < 4.78 is 4.73. The number of amides is 1. The molecule has 0 bridgehead atoms. The van der Waals surface area contributed by atoms with Crippen LogP contribution in [0.25, 0.3) is 0 Å². The van der Waals surface area contributed by atoms with Gasteiger partial charge in [-0.2, -0.15) is 0 Å². The van der Waals surface area contributed by atoms with E-state index in [2.05, 4.69) is 12.2 Å². The highest BCUT2D eigenvalue weighted by atomic mass is 35.5. The maximum absolute atomic E-state index is 12.3. The highest BCUT2D eigenvalue weighted by molar-refractivity contribution is 7.13. The summed E-state index contributed by atoms with van der Waals surface area (Å²) in [6.07, 6.45) is 6.99. The quantitative estimate of drug-likeness (QED) is 0.443. The number of rotatable bonds is 7. The van der Waals surface area contributed by atoms with Gasteiger partial charge in [-0.15, -0.1) is 11.3 Å². The Morgan fingerprint density at radius 1 is 1.29 bits per heavy atom. The minimum absolute atomic E-state index is 0.0993. The van der Waals surface area contributed by atoms with Crippen molar-refractivity contribution in [3.63, 3.8) is 0 Å². The molecule has 1 saturated heterocycles. The number of hydrogen-bond acceptors (Lipinski definition) is 4. The van der Waals surface area contributed by atoms with Crippen LogP contribution in [0.1, 0.15) is 33.0 Å². The Labute approximate surface area is 178 Å². The number of carbonyl (C=O) groups excluding carboxylic acids is 2.